The highest BCUT2D eigenvalue weighted by Crippen LogP contribution is 2.22. The summed E-state index contributed by atoms with van der Waals surface area (Å²) < 4.78 is 5.84. The molecule has 1 amide bonds. The summed E-state index contributed by atoms with van der Waals surface area (Å²) in [7, 11) is 0. The zero-order chi connectivity index (χ0) is 16.8. The molecule has 3 rings (SSSR count). The van der Waals surface area contributed by atoms with Crippen LogP contribution in [0.4, 0.5) is 0 Å². The van der Waals surface area contributed by atoms with Gasteiger partial charge in [0.1, 0.15) is 11.8 Å². The fraction of sp³-hybridized carbons (Fsp3) is 0.500. The third-order valence-corrected chi connectivity index (χ3v) is 4.22. The molecule has 2 aromatic heterocycles. The molecule has 128 valence electrons. The van der Waals surface area contributed by atoms with E-state index in [4.69, 9.17) is 4.74 Å². The average Bonchev–Trinajstić information content (AvgIpc) is 3.26. The van der Waals surface area contributed by atoms with Gasteiger partial charge in [0.25, 0.3) is 5.91 Å². The molecule has 1 aliphatic rings. The predicted octanol–water partition coefficient (Wildman–Crippen LogP) is 3.01. The summed E-state index contributed by atoms with van der Waals surface area (Å²) in [4.78, 5) is 16.4. The number of carbonyl (C=O) groups excluding carboxylic acids is 1. The Balaban J connectivity index is 1.49. The first-order valence-corrected chi connectivity index (χ1v) is 8.68. The first-order valence-electron chi connectivity index (χ1n) is 8.68. The van der Waals surface area contributed by atoms with Crippen molar-refractivity contribution in [2.24, 2.45) is 0 Å². The van der Waals surface area contributed by atoms with Crippen molar-refractivity contribution in [2.75, 3.05) is 0 Å². The van der Waals surface area contributed by atoms with E-state index in [1.807, 2.05) is 12.1 Å². The lowest BCUT2D eigenvalue weighted by Crippen LogP contribution is -2.23. The Labute approximate surface area is 142 Å². The lowest BCUT2D eigenvalue weighted by molar-refractivity contribution is 0.0946. The van der Waals surface area contributed by atoms with E-state index in [1.165, 1.54) is 12.8 Å². The van der Waals surface area contributed by atoms with Crippen LogP contribution in [0.1, 0.15) is 60.8 Å². The van der Waals surface area contributed by atoms with Gasteiger partial charge in [0.05, 0.1) is 0 Å². The standard InChI is InChI=1S/C18H24N4O2/c1-2-5-14-10-16(22-21-14)18(23)20-12-13-8-9-17(19-11-13)24-15-6-3-4-7-15/h8-11,15H,2-7,12H2,1H3,(H,20,23)(H,21,22). The number of aromatic nitrogens is 3. The second-order valence-corrected chi connectivity index (χ2v) is 6.24. The fourth-order valence-electron chi connectivity index (χ4n) is 2.91. The SMILES string of the molecule is CCCc1cc(C(=O)NCc2ccc(OC3CCCC3)nc2)n[nH]1. The van der Waals surface area contributed by atoms with E-state index in [0.29, 0.717) is 24.2 Å². The van der Waals surface area contributed by atoms with Crippen LogP contribution >= 0.6 is 0 Å². The maximum Gasteiger partial charge on any atom is 0.272 e. The maximum atomic E-state index is 12.1. The molecule has 1 saturated carbocycles. The van der Waals surface area contributed by atoms with Gasteiger partial charge < -0.3 is 10.1 Å². The molecule has 6 nitrogen and oxygen atoms in total. The van der Waals surface area contributed by atoms with E-state index in [0.717, 1.165) is 36.9 Å². The zero-order valence-corrected chi connectivity index (χ0v) is 14.0. The van der Waals surface area contributed by atoms with Gasteiger partial charge in [-0.1, -0.05) is 19.4 Å². The molecule has 0 radical (unpaired) electrons. The lowest BCUT2D eigenvalue weighted by atomic mass is 10.2. The fourth-order valence-corrected chi connectivity index (χ4v) is 2.91. The third-order valence-electron chi connectivity index (χ3n) is 4.22. The minimum absolute atomic E-state index is 0.181. The zero-order valence-electron chi connectivity index (χ0n) is 14.0. The van der Waals surface area contributed by atoms with Crippen LogP contribution < -0.4 is 10.1 Å². The minimum atomic E-state index is -0.181. The molecule has 0 aliphatic heterocycles. The second kappa shape index (κ2) is 7.95. The van der Waals surface area contributed by atoms with Crippen molar-refractivity contribution < 1.29 is 9.53 Å². The lowest BCUT2D eigenvalue weighted by Gasteiger charge is -2.12. The molecule has 0 spiro atoms. The van der Waals surface area contributed by atoms with Crippen LogP contribution in [0.5, 0.6) is 5.88 Å². The number of ether oxygens (including phenoxy) is 1. The van der Waals surface area contributed by atoms with Gasteiger partial charge in [-0.2, -0.15) is 5.10 Å². The number of pyridine rings is 1. The predicted molar refractivity (Wildman–Crippen MR) is 90.9 cm³/mol. The molecule has 24 heavy (non-hydrogen) atoms. The number of hydrogen-bond acceptors (Lipinski definition) is 4. The largest absolute Gasteiger partial charge is 0.474 e. The Morgan fingerprint density at radius 2 is 2.21 bits per heavy atom. The van der Waals surface area contributed by atoms with Crippen molar-refractivity contribution in [3.8, 4) is 5.88 Å². The van der Waals surface area contributed by atoms with E-state index in [-0.39, 0.29) is 5.91 Å². The summed E-state index contributed by atoms with van der Waals surface area (Å²) >= 11 is 0. The maximum absolute atomic E-state index is 12.1. The molecule has 1 fully saturated rings. The number of aromatic amines is 1. The Morgan fingerprint density at radius 1 is 1.38 bits per heavy atom. The number of amides is 1. The summed E-state index contributed by atoms with van der Waals surface area (Å²) in [6.07, 6.45) is 8.67. The number of H-pyrrole nitrogens is 1. The average molecular weight is 328 g/mol. The van der Waals surface area contributed by atoms with E-state index in [1.54, 1.807) is 12.3 Å². The van der Waals surface area contributed by atoms with Gasteiger partial charge in [-0.05, 0) is 43.7 Å². The van der Waals surface area contributed by atoms with Gasteiger partial charge >= 0.3 is 0 Å². The quantitative estimate of drug-likeness (QED) is 0.819. The van der Waals surface area contributed by atoms with Gasteiger partial charge in [0.2, 0.25) is 5.88 Å². The molecular formula is C18H24N4O2. The smallest absolute Gasteiger partial charge is 0.272 e. The Bertz CT molecular complexity index is 660. The second-order valence-electron chi connectivity index (χ2n) is 6.24. The van der Waals surface area contributed by atoms with Crippen LogP contribution in [0.15, 0.2) is 24.4 Å². The van der Waals surface area contributed by atoms with Gasteiger partial charge in [0.15, 0.2) is 0 Å². The van der Waals surface area contributed by atoms with Crippen LogP contribution in [0.3, 0.4) is 0 Å². The molecule has 0 bridgehead atoms. The molecular weight excluding hydrogens is 304 g/mol. The van der Waals surface area contributed by atoms with Crippen LogP contribution in [0.2, 0.25) is 0 Å². The van der Waals surface area contributed by atoms with Crippen LogP contribution in [-0.2, 0) is 13.0 Å². The van der Waals surface area contributed by atoms with Crippen molar-refractivity contribution in [2.45, 2.75) is 58.1 Å². The molecule has 6 heteroatoms. The van der Waals surface area contributed by atoms with Gasteiger partial charge in [-0.25, -0.2) is 4.98 Å². The minimum Gasteiger partial charge on any atom is -0.474 e. The van der Waals surface area contributed by atoms with Crippen molar-refractivity contribution in [3.63, 3.8) is 0 Å². The van der Waals surface area contributed by atoms with Crippen molar-refractivity contribution in [1.29, 1.82) is 0 Å². The number of carbonyl (C=O) groups is 1. The highest BCUT2D eigenvalue weighted by molar-refractivity contribution is 5.92. The molecule has 0 atom stereocenters. The summed E-state index contributed by atoms with van der Waals surface area (Å²) in [5, 5.41) is 9.79. The van der Waals surface area contributed by atoms with Gasteiger partial charge in [0, 0.05) is 24.5 Å². The highest BCUT2D eigenvalue weighted by atomic mass is 16.5. The number of aryl methyl sites for hydroxylation is 1. The molecule has 0 aromatic carbocycles. The van der Waals surface area contributed by atoms with Crippen molar-refractivity contribution in [1.82, 2.24) is 20.5 Å². The number of nitrogens with zero attached hydrogens (tertiary/aromatic N) is 2. The highest BCUT2D eigenvalue weighted by Gasteiger charge is 2.17. The molecule has 2 aromatic rings. The van der Waals surface area contributed by atoms with Crippen LogP contribution in [0.25, 0.3) is 0 Å². The van der Waals surface area contributed by atoms with E-state index < -0.39 is 0 Å². The van der Waals surface area contributed by atoms with E-state index in [9.17, 15) is 4.79 Å². The van der Waals surface area contributed by atoms with Gasteiger partial charge in [-0.3, -0.25) is 9.89 Å². The van der Waals surface area contributed by atoms with Crippen molar-refractivity contribution >= 4 is 5.91 Å². The van der Waals surface area contributed by atoms with Gasteiger partial charge in [-0.15, -0.1) is 0 Å². The Morgan fingerprint density at radius 3 is 2.92 bits per heavy atom. The van der Waals surface area contributed by atoms with Crippen molar-refractivity contribution in [3.05, 3.63) is 41.3 Å². The Kier molecular flexibility index (Phi) is 5.46. The number of nitrogens with one attached hydrogen (secondary N) is 2. The third kappa shape index (κ3) is 4.34. The molecule has 0 saturated heterocycles. The molecule has 2 N–H and O–H groups in total. The van der Waals surface area contributed by atoms with E-state index in [2.05, 4.69) is 27.4 Å². The van der Waals surface area contributed by atoms with Crippen LogP contribution in [-0.4, -0.2) is 27.2 Å². The van der Waals surface area contributed by atoms with Crippen LogP contribution in [0, 0.1) is 0 Å². The first kappa shape index (κ1) is 16.5. The molecule has 0 unspecified atom stereocenters. The summed E-state index contributed by atoms with van der Waals surface area (Å²) in [6, 6.07) is 5.61. The normalized spacial score (nSPS) is 14.7. The summed E-state index contributed by atoms with van der Waals surface area (Å²) in [5.41, 5.74) is 2.34. The topological polar surface area (TPSA) is 79.9 Å². The Hall–Kier alpha value is -2.37. The molecule has 1 aliphatic carbocycles. The molecule has 2 heterocycles. The number of rotatable bonds is 7. The summed E-state index contributed by atoms with van der Waals surface area (Å²) in [5.74, 6) is 0.480. The first-order chi connectivity index (χ1) is 11.7. The monoisotopic (exact) mass is 328 g/mol. The van der Waals surface area contributed by atoms with E-state index >= 15 is 0 Å². The number of hydrogen-bond donors (Lipinski definition) is 2. The summed E-state index contributed by atoms with van der Waals surface area (Å²) in [6.45, 7) is 2.51.